The van der Waals surface area contributed by atoms with E-state index >= 15 is 0 Å². The molecule has 0 unspecified atom stereocenters. The quantitative estimate of drug-likeness (QED) is 0.882. The topological polar surface area (TPSA) is 76.4 Å². The number of carbonyl (C=O) groups excluding carboxylic acids is 1. The predicted molar refractivity (Wildman–Crippen MR) is 98.8 cm³/mol. The van der Waals surface area contributed by atoms with E-state index in [0.29, 0.717) is 16.8 Å². The van der Waals surface area contributed by atoms with Crippen LogP contribution >= 0.6 is 0 Å². The minimum absolute atomic E-state index is 0.230. The van der Waals surface area contributed by atoms with Crippen LogP contribution in [0.3, 0.4) is 0 Å². The summed E-state index contributed by atoms with van der Waals surface area (Å²) in [6.45, 7) is 6.33. The maximum atomic E-state index is 14.1. The Hall–Kier alpha value is -2.91. The molecule has 1 amide bonds. The second-order valence-electron chi connectivity index (χ2n) is 5.84. The maximum Gasteiger partial charge on any atom is 0.256 e. The van der Waals surface area contributed by atoms with E-state index < -0.39 is 11.9 Å². The third kappa shape index (κ3) is 4.19. The molecule has 136 valence electrons. The number of halogens is 1. The van der Waals surface area contributed by atoms with Gasteiger partial charge in [0.25, 0.3) is 5.91 Å². The van der Waals surface area contributed by atoms with Crippen LogP contribution in [0.25, 0.3) is 0 Å². The van der Waals surface area contributed by atoms with Crippen LogP contribution in [0.15, 0.2) is 36.4 Å². The summed E-state index contributed by atoms with van der Waals surface area (Å²) < 4.78 is 14.1. The van der Waals surface area contributed by atoms with Gasteiger partial charge in [-0.25, -0.2) is 4.39 Å². The Morgan fingerprint density at radius 3 is 2.50 bits per heavy atom. The van der Waals surface area contributed by atoms with Gasteiger partial charge in [0, 0.05) is 13.1 Å². The van der Waals surface area contributed by atoms with Crippen LogP contribution in [0.2, 0.25) is 0 Å². The molecule has 0 saturated carbocycles. The third-order valence-corrected chi connectivity index (χ3v) is 3.92. The van der Waals surface area contributed by atoms with Gasteiger partial charge < -0.3 is 15.3 Å². The second kappa shape index (κ2) is 8.45. The van der Waals surface area contributed by atoms with Crippen molar-refractivity contribution < 1.29 is 14.3 Å². The molecule has 1 saturated heterocycles. The number of carbonyl (C=O) groups is 1. The number of hydrogen-bond donors (Lipinski definition) is 2. The molecule has 6 heteroatoms. The zero-order valence-electron chi connectivity index (χ0n) is 15.1. The summed E-state index contributed by atoms with van der Waals surface area (Å²) >= 11 is 0. The molecule has 1 fully saturated rings. The van der Waals surface area contributed by atoms with Gasteiger partial charge in [0.1, 0.15) is 5.82 Å². The summed E-state index contributed by atoms with van der Waals surface area (Å²) in [5.74, 6) is -0.699. The van der Waals surface area contributed by atoms with E-state index in [4.69, 9.17) is 5.26 Å². The van der Waals surface area contributed by atoms with Crippen molar-refractivity contribution >= 4 is 17.3 Å². The molecule has 1 aliphatic rings. The number of rotatable bonds is 3. The fourth-order valence-electron chi connectivity index (χ4n) is 2.56. The first kappa shape index (κ1) is 19.4. The number of β-amino-alcohol motifs (C(OH)–C–C–N with tert-alkyl or cyclic N) is 1. The summed E-state index contributed by atoms with van der Waals surface area (Å²) in [5.41, 5.74) is 2.08. The number of likely N-dealkylation sites (tertiary alicyclic amines) is 1. The number of nitrogens with zero attached hydrogens (tertiary/aromatic N) is 2. The molecule has 0 aromatic heterocycles. The summed E-state index contributed by atoms with van der Waals surface area (Å²) in [7, 11) is 0. The molecule has 5 nitrogen and oxygen atoms in total. The SMILES string of the molecule is CC.Cc1ccc(Nc2cc(C#N)ccc2C(=O)N2CC(O)C2)c(F)c1. The van der Waals surface area contributed by atoms with Gasteiger partial charge in [0.15, 0.2) is 0 Å². The smallest absolute Gasteiger partial charge is 0.256 e. The molecule has 0 spiro atoms. The van der Waals surface area contributed by atoms with Crippen LogP contribution in [-0.2, 0) is 0 Å². The molecule has 0 aliphatic carbocycles. The zero-order valence-corrected chi connectivity index (χ0v) is 15.1. The Balaban J connectivity index is 0.00000117. The van der Waals surface area contributed by atoms with E-state index in [-0.39, 0.29) is 24.7 Å². The molecule has 0 radical (unpaired) electrons. The van der Waals surface area contributed by atoms with E-state index in [2.05, 4.69) is 5.32 Å². The van der Waals surface area contributed by atoms with E-state index in [1.165, 1.54) is 17.0 Å². The molecule has 2 aromatic rings. The van der Waals surface area contributed by atoms with Gasteiger partial charge in [-0.05, 0) is 42.8 Å². The Labute approximate surface area is 152 Å². The molecule has 2 N–H and O–H groups in total. The molecule has 26 heavy (non-hydrogen) atoms. The van der Waals surface area contributed by atoms with Gasteiger partial charge in [-0.1, -0.05) is 19.9 Å². The normalized spacial score (nSPS) is 13.2. The van der Waals surface area contributed by atoms with E-state index in [9.17, 15) is 14.3 Å². The number of nitriles is 1. The lowest BCUT2D eigenvalue weighted by atomic mass is 10.0. The third-order valence-electron chi connectivity index (χ3n) is 3.92. The largest absolute Gasteiger partial charge is 0.389 e. The van der Waals surface area contributed by atoms with Crippen molar-refractivity contribution in [1.82, 2.24) is 4.90 Å². The van der Waals surface area contributed by atoms with E-state index in [1.54, 1.807) is 31.2 Å². The van der Waals surface area contributed by atoms with Crippen molar-refractivity contribution in [3.8, 4) is 6.07 Å². The first-order valence-corrected chi connectivity index (χ1v) is 8.52. The van der Waals surface area contributed by atoms with Crippen molar-refractivity contribution in [2.75, 3.05) is 18.4 Å². The van der Waals surface area contributed by atoms with Crippen molar-refractivity contribution in [2.24, 2.45) is 0 Å². The van der Waals surface area contributed by atoms with Crippen molar-refractivity contribution in [2.45, 2.75) is 26.9 Å². The first-order chi connectivity index (χ1) is 12.5. The highest BCUT2D eigenvalue weighted by molar-refractivity contribution is 6.01. The van der Waals surface area contributed by atoms with E-state index in [1.807, 2.05) is 19.9 Å². The van der Waals surface area contributed by atoms with Crippen LogP contribution in [0.5, 0.6) is 0 Å². The number of hydrogen-bond acceptors (Lipinski definition) is 4. The average molecular weight is 355 g/mol. The monoisotopic (exact) mass is 355 g/mol. The van der Waals surface area contributed by atoms with Crippen LogP contribution in [-0.4, -0.2) is 35.1 Å². The first-order valence-electron chi connectivity index (χ1n) is 8.52. The molecule has 0 atom stereocenters. The van der Waals surface area contributed by atoms with Gasteiger partial charge in [-0.15, -0.1) is 0 Å². The van der Waals surface area contributed by atoms with Gasteiger partial charge >= 0.3 is 0 Å². The fourth-order valence-corrected chi connectivity index (χ4v) is 2.56. The number of anilines is 2. The number of amides is 1. The summed E-state index contributed by atoms with van der Waals surface area (Å²) in [6, 6.07) is 11.3. The molecule has 2 aromatic carbocycles. The lowest BCUT2D eigenvalue weighted by Gasteiger charge is -2.36. The number of nitrogens with one attached hydrogen (secondary N) is 1. The molecular formula is C20H22FN3O2. The zero-order chi connectivity index (χ0) is 19.3. The maximum absolute atomic E-state index is 14.1. The van der Waals surface area contributed by atoms with E-state index in [0.717, 1.165) is 5.56 Å². The van der Waals surface area contributed by atoms with Gasteiger partial charge in [-0.3, -0.25) is 4.79 Å². The van der Waals surface area contributed by atoms with Crippen LogP contribution in [0, 0.1) is 24.1 Å². The number of aliphatic hydroxyl groups is 1. The minimum atomic E-state index is -0.502. The molecule has 1 aliphatic heterocycles. The van der Waals surface area contributed by atoms with Crippen LogP contribution in [0.4, 0.5) is 15.8 Å². The number of aliphatic hydroxyl groups excluding tert-OH is 1. The van der Waals surface area contributed by atoms with Crippen molar-refractivity contribution in [3.63, 3.8) is 0 Å². The standard InChI is InChI=1S/C18H16FN3O2.C2H6/c1-11-2-5-16(15(19)6-11)21-17-7-12(8-20)3-4-14(17)18(24)22-9-13(23)10-22;1-2/h2-7,13,21,23H,9-10H2,1H3;1-2H3. The molecule has 3 rings (SSSR count). The fraction of sp³-hybridized carbons (Fsp3) is 0.300. The average Bonchev–Trinajstić information content (AvgIpc) is 2.62. The second-order valence-corrected chi connectivity index (χ2v) is 5.84. The van der Waals surface area contributed by atoms with Gasteiger partial charge in [0.2, 0.25) is 0 Å². The highest BCUT2D eigenvalue weighted by Crippen LogP contribution is 2.27. The van der Waals surface area contributed by atoms with Crippen molar-refractivity contribution in [1.29, 1.82) is 5.26 Å². The minimum Gasteiger partial charge on any atom is -0.389 e. The van der Waals surface area contributed by atoms with Gasteiger partial charge in [0.05, 0.1) is 34.7 Å². The summed E-state index contributed by atoms with van der Waals surface area (Å²) in [5, 5.41) is 21.3. The van der Waals surface area contributed by atoms with Crippen molar-refractivity contribution in [3.05, 3.63) is 58.9 Å². The summed E-state index contributed by atoms with van der Waals surface area (Å²) in [4.78, 5) is 14.0. The Bertz CT molecular complexity index is 839. The highest BCUT2D eigenvalue weighted by atomic mass is 19.1. The van der Waals surface area contributed by atoms with Crippen LogP contribution in [0.1, 0.15) is 35.3 Å². The molecular weight excluding hydrogens is 333 g/mol. The Kier molecular flexibility index (Phi) is 6.31. The summed E-state index contributed by atoms with van der Waals surface area (Å²) in [6.07, 6.45) is -0.502. The highest BCUT2D eigenvalue weighted by Gasteiger charge is 2.30. The predicted octanol–water partition coefficient (Wildman–Crippen LogP) is 3.59. The lowest BCUT2D eigenvalue weighted by molar-refractivity contribution is 0.00596. The number of benzene rings is 2. The number of aryl methyl sites for hydroxylation is 1. The van der Waals surface area contributed by atoms with Gasteiger partial charge in [-0.2, -0.15) is 5.26 Å². The van der Waals surface area contributed by atoms with Crippen LogP contribution < -0.4 is 5.32 Å². The molecule has 0 bridgehead atoms. The Morgan fingerprint density at radius 2 is 1.92 bits per heavy atom. The lowest BCUT2D eigenvalue weighted by Crippen LogP contribution is -2.53. The molecule has 1 heterocycles. The Morgan fingerprint density at radius 1 is 1.23 bits per heavy atom.